The SMILES string of the molecule is Cc1ccc([PH](CC(=O)NC2CC(C)(C)N(O)C(C)(C)C2)(c2ccc(C)cc2)c2ccc(C)cc2)cc1. The van der Waals surface area contributed by atoms with Crippen LogP contribution in [0.4, 0.5) is 0 Å². The summed E-state index contributed by atoms with van der Waals surface area (Å²) in [7, 11) is -2.70. The van der Waals surface area contributed by atoms with Crippen LogP contribution in [-0.2, 0) is 4.79 Å². The number of hydrogen-bond donors (Lipinski definition) is 2. The molecule has 1 amide bonds. The van der Waals surface area contributed by atoms with E-state index in [9.17, 15) is 10.0 Å². The van der Waals surface area contributed by atoms with Gasteiger partial charge < -0.3 is 0 Å². The monoisotopic (exact) mass is 518 g/mol. The Labute approximate surface area is 223 Å². The first kappa shape index (κ1) is 27.5. The molecule has 1 fully saturated rings. The molecule has 198 valence electrons. The van der Waals surface area contributed by atoms with Crippen LogP contribution in [0.1, 0.15) is 57.2 Å². The van der Waals surface area contributed by atoms with Crippen LogP contribution < -0.4 is 21.2 Å². The minimum atomic E-state index is -2.70. The Balaban J connectivity index is 1.79. The first-order valence-electron chi connectivity index (χ1n) is 13.3. The molecule has 0 radical (unpaired) electrons. The number of piperidine rings is 1. The van der Waals surface area contributed by atoms with Gasteiger partial charge in [0.05, 0.1) is 0 Å². The second-order valence-corrected chi connectivity index (χ2v) is 16.2. The molecule has 0 saturated carbocycles. The summed E-state index contributed by atoms with van der Waals surface area (Å²) in [6, 6.07) is 26.4. The van der Waals surface area contributed by atoms with Gasteiger partial charge in [-0.05, 0) is 0 Å². The molecule has 0 unspecified atom stereocenters. The minimum absolute atomic E-state index is 0.00153. The van der Waals surface area contributed by atoms with E-state index >= 15 is 0 Å². The van der Waals surface area contributed by atoms with Gasteiger partial charge in [0.2, 0.25) is 0 Å². The zero-order valence-corrected chi connectivity index (χ0v) is 24.4. The zero-order valence-electron chi connectivity index (χ0n) is 23.4. The molecule has 0 atom stereocenters. The summed E-state index contributed by atoms with van der Waals surface area (Å²) in [6.45, 7) is 14.5. The first-order chi connectivity index (χ1) is 17.3. The number of hydrogen-bond acceptors (Lipinski definition) is 3. The van der Waals surface area contributed by atoms with E-state index in [1.54, 1.807) is 0 Å². The van der Waals surface area contributed by atoms with Crippen LogP contribution in [0.2, 0.25) is 0 Å². The average molecular weight is 519 g/mol. The molecule has 0 spiro atoms. The summed E-state index contributed by atoms with van der Waals surface area (Å²) in [5.74, 6) is 0.0800. The molecule has 4 rings (SSSR count). The first-order valence-corrected chi connectivity index (χ1v) is 15.5. The Kier molecular flexibility index (Phi) is 7.68. The van der Waals surface area contributed by atoms with Crippen LogP contribution in [0.25, 0.3) is 0 Å². The van der Waals surface area contributed by atoms with Gasteiger partial charge in [-0.3, -0.25) is 0 Å². The van der Waals surface area contributed by atoms with Crippen LogP contribution >= 0.6 is 7.26 Å². The van der Waals surface area contributed by atoms with E-state index in [0.29, 0.717) is 19.0 Å². The standard InChI is InChI=1S/C32H43N2O2P/c1-23-8-14-27(15-9-23)37(28-16-10-24(2)11-17-28,29-18-12-25(3)13-19-29)22-30(35)33-26-20-31(4,5)34(36)32(6,7)21-26/h8-19,26,36-37H,20-22H2,1-7H3,(H,33,35). The predicted molar refractivity (Wildman–Crippen MR) is 159 cm³/mol. The maximum absolute atomic E-state index is 14.0. The third kappa shape index (κ3) is 5.67. The number of nitrogens with zero attached hydrogens (tertiary/aromatic N) is 1. The van der Waals surface area contributed by atoms with Crippen molar-refractivity contribution >= 4 is 29.1 Å². The molecule has 1 heterocycles. The Morgan fingerprint density at radius 2 is 1.08 bits per heavy atom. The van der Waals surface area contributed by atoms with E-state index in [1.165, 1.54) is 37.7 Å². The van der Waals surface area contributed by atoms with Gasteiger partial charge in [-0.1, -0.05) is 0 Å². The van der Waals surface area contributed by atoms with Gasteiger partial charge in [-0.15, -0.1) is 0 Å². The van der Waals surface area contributed by atoms with Crippen molar-refractivity contribution in [3.8, 4) is 0 Å². The Hall–Kier alpha value is -2.52. The predicted octanol–water partition coefficient (Wildman–Crippen LogP) is 5.17. The van der Waals surface area contributed by atoms with E-state index in [2.05, 4.69) is 98.9 Å². The molecule has 1 saturated heterocycles. The molecular formula is C32H43N2O2P. The number of hydroxylamine groups is 2. The van der Waals surface area contributed by atoms with Crippen LogP contribution in [0.3, 0.4) is 0 Å². The second kappa shape index (κ2) is 10.3. The molecule has 0 aromatic heterocycles. The molecule has 3 aromatic rings. The normalized spacial score (nSPS) is 18.4. The molecule has 5 heteroatoms. The third-order valence-corrected chi connectivity index (χ3v) is 12.9. The number of rotatable bonds is 6. The van der Waals surface area contributed by atoms with Crippen LogP contribution in [0.5, 0.6) is 0 Å². The molecule has 1 aliphatic rings. The number of benzene rings is 3. The quantitative estimate of drug-likeness (QED) is 0.443. The number of carbonyl (C=O) groups is 1. The van der Waals surface area contributed by atoms with Crippen molar-refractivity contribution in [3.63, 3.8) is 0 Å². The van der Waals surface area contributed by atoms with Gasteiger partial charge >= 0.3 is 224 Å². The maximum atomic E-state index is 14.0. The molecule has 37 heavy (non-hydrogen) atoms. The topological polar surface area (TPSA) is 52.6 Å². The molecular weight excluding hydrogens is 475 g/mol. The van der Waals surface area contributed by atoms with Crippen molar-refractivity contribution in [2.24, 2.45) is 0 Å². The Bertz CT molecular complexity index is 1100. The van der Waals surface area contributed by atoms with Crippen molar-refractivity contribution < 1.29 is 10.0 Å². The van der Waals surface area contributed by atoms with Crippen molar-refractivity contribution in [2.45, 2.75) is 78.4 Å². The summed E-state index contributed by atoms with van der Waals surface area (Å²) in [5, 5.41) is 19.3. The molecule has 0 aliphatic carbocycles. The van der Waals surface area contributed by atoms with Crippen molar-refractivity contribution in [1.82, 2.24) is 10.4 Å². The van der Waals surface area contributed by atoms with E-state index in [0.717, 1.165) is 0 Å². The molecule has 4 nitrogen and oxygen atoms in total. The van der Waals surface area contributed by atoms with Gasteiger partial charge in [-0.25, -0.2) is 0 Å². The van der Waals surface area contributed by atoms with Crippen molar-refractivity contribution in [3.05, 3.63) is 89.5 Å². The number of amides is 1. The zero-order chi connectivity index (χ0) is 27.0. The fourth-order valence-corrected chi connectivity index (χ4v) is 10.6. The molecule has 1 aliphatic heterocycles. The third-order valence-electron chi connectivity index (χ3n) is 8.06. The number of nitrogens with one attached hydrogen (secondary N) is 1. The van der Waals surface area contributed by atoms with E-state index in [-0.39, 0.29) is 11.9 Å². The van der Waals surface area contributed by atoms with Gasteiger partial charge in [0.15, 0.2) is 0 Å². The summed E-state index contributed by atoms with van der Waals surface area (Å²) in [5.41, 5.74) is 2.80. The average Bonchev–Trinajstić information content (AvgIpc) is 2.82. The Morgan fingerprint density at radius 1 is 0.757 bits per heavy atom. The van der Waals surface area contributed by atoms with Crippen LogP contribution in [-0.4, -0.2) is 39.5 Å². The summed E-state index contributed by atoms with van der Waals surface area (Å²) < 4.78 is 0. The molecule has 3 aromatic carbocycles. The Morgan fingerprint density at radius 3 is 1.41 bits per heavy atom. The summed E-state index contributed by atoms with van der Waals surface area (Å²) >= 11 is 0. The van der Waals surface area contributed by atoms with E-state index in [4.69, 9.17) is 0 Å². The summed E-state index contributed by atoms with van der Waals surface area (Å²) in [6.07, 6.45) is 1.84. The fourth-order valence-electron chi connectivity index (χ4n) is 6.21. The van der Waals surface area contributed by atoms with E-state index in [1.807, 2.05) is 27.7 Å². The van der Waals surface area contributed by atoms with Gasteiger partial charge in [-0.2, -0.15) is 0 Å². The van der Waals surface area contributed by atoms with Crippen molar-refractivity contribution in [2.75, 3.05) is 6.16 Å². The fraction of sp³-hybridized carbons (Fsp3) is 0.406. The summed E-state index contributed by atoms with van der Waals surface area (Å²) in [4.78, 5) is 14.0. The second-order valence-electron chi connectivity index (χ2n) is 12.3. The van der Waals surface area contributed by atoms with Gasteiger partial charge in [0, 0.05) is 0 Å². The van der Waals surface area contributed by atoms with Crippen molar-refractivity contribution in [1.29, 1.82) is 0 Å². The number of carbonyl (C=O) groups excluding carboxylic acids is 1. The molecule has 0 bridgehead atoms. The number of aryl methyl sites for hydroxylation is 3. The molecule has 2 N–H and O–H groups in total. The van der Waals surface area contributed by atoms with Crippen LogP contribution in [0.15, 0.2) is 72.8 Å². The van der Waals surface area contributed by atoms with Gasteiger partial charge in [0.1, 0.15) is 0 Å². The van der Waals surface area contributed by atoms with Crippen LogP contribution in [0, 0.1) is 20.8 Å². The van der Waals surface area contributed by atoms with Gasteiger partial charge in [0.25, 0.3) is 0 Å². The van der Waals surface area contributed by atoms with E-state index < -0.39 is 18.3 Å².